The van der Waals surface area contributed by atoms with Crippen LogP contribution in [-0.2, 0) is 11.2 Å². The summed E-state index contributed by atoms with van der Waals surface area (Å²) >= 11 is 0. The van der Waals surface area contributed by atoms with Crippen molar-refractivity contribution >= 4 is 16.7 Å². The minimum atomic E-state index is -0.805. The first-order valence-corrected chi connectivity index (χ1v) is 8.11. The third-order valence-corrected chi connectivity index (χ3v) is 4.17. The van der Waals surface area contributed by atoms with Crippen molar-refractivity contribution < 1.29 is 14.6 Å². The van der Waals surface area contributed by atoms with Gasteiger partial charge in [-0.15, -0.1) is 0 Å². The second-order valence-electron chi connectivity index (χ2n) is 5.74. The maximum absolute atomic E-state index is 11.9. The van der Waals surface area contributed by atoms with Crippen LogP contribution in [0.5, 0.6) is 5.75 Å². The SMILES string of the molecule is CCOc1ccc(CC(C(=O)O)c2cccc3ccccc23)cc1. The van der Waals surface area contributed by atoms with Gasteiger partial charge in [-0.05, 0) is 47.4 Å². The van der Waals surface area contributed by atoms with Crippen LogP contribution in [-0.4, -0.2) is 17.7 Å². The highest BCUT2D eigenvalue weighted by atomic mass is 16.5. The summed E-state index contributed by atoms with van der Waals surface area (Å²) in [5.74, 6) is -0.576. The summed E-state index contributed by atoms with van der Waals surface area (Å²) < 4.78 is 5.44. The summed E-state index contributed by atoms with van der Waals surface area (Å²) in [5.41, 5.74) is 1.84. The molecule has 1 N–H and O–H groups in total. The monoisotopic (exact) mass is 320 g/mol. The molecule has 3 aromatic carbocycles. The highest BCUT2D eigenvalue weighted by molar-refractivity contribution is 5.90. The first-order valence-electron chi connectivity index (χ1n) is 8.11. The van der Waals surface area contributed by atoms with Gasteiger partial charge in [0.05, 0.1) is 12.5 Å². The minimum Gasteiger partial charge on any atom is -0.494 e. The van der Waals surface area contributed by atoms with E-state index in [1.807, 2.05) is 73.7 Å². The molecule has 0 bridgehead atoms. The van der Waals surface area contributed by atoms with Gasteiger partial charge in [0, 0.05) is 0 Å². The zero-order valence-corrected chi connectivity index (χ0v) is 13.6. The number of benzene rings is 3. The van der Waals surface area contributed by atoms with Gasteiger partial charge in [-0.2, -0.15) is 0 Å². The van der Waals surface area contributed by atoms with E-state index in [2.05, 4.69) is 0 Å². The average Bonchev–Trinajstić information content (AvgIpc) is 2.61. The molecule has 0 aromatic heterocycles. The predicted octanol–water partition coefficient (Wildman–Crippen LogP) is 4.65. The Balaban J connectivity index is 1.93. The standard InChI is InChI=1S/C21H20O3/c1-2-24-17-12-10-15(11-13-17)14-20(21(22)23)19-9-5-7-16-6-3-4-8-18(16)19/h3-13,20H,2,14H2,1H3,(H,22,23). The molecular weight excluding hydrogens is 300 g/mol. The van der Waals surface area contributed by atoms with E-state index in [9.17, 15) is 9.90 Å². The number of carbonyl (C=O) groups is 1. The van der Waals surface area contributed by atoms with Crippen LogP contribution in [0.15, 0.2) is 66.7 Å². The van der Waals surface area contributed by atoms with Gasteiger partial charge in [-0.1, -0.05) is 54.6 Å². The molecule has 0 spiro atoms. The van der Waals surface area contributed by atoms with Crippen LogP contribution in [0.2, 0.25) is 0 Å². The largest absolute Gasteiger partial charge is 0.494 e. The Hall–Kier alpha value is -2.81. The lowest BCUT2D eigenvalue weighted by Gasteiger charge is -2.16. The van der Waals surface area contributed by atoms with Crippen molar-refractivity contribution in [1.29, 1.82) is 0 Å². The smallest absolute Gasteiger partial charge is 0.311 e. The normalized spacial score (nSPS) is 12.0. The molecule has 0 aliphatic carbocycles. The molecule has 0 aliphatic rings. The number of fused-ring (bicyclic) bond motifs is 1. The zero-order valence-electron chi connectivity index (χ0n) is 13.6. The fourth-order valence-electron chi connectivity index (χ4n) is 3.01. The molecule has 122 valence electrons. The van der Waals surface area contributed by atoms with Gasteiger partial charge >= 0.3 is 5.97 Å². The number of hydrogen-bond donors (Lipinski definition) is 1. The van der Waals surface area contributed by atoms with Crippen LogP contribution in [0.1, 0.15) is 24.0 Å². The number of ether oxygens (including phenoxy) is 1. The molecule has 3 aromatic rings. The van der Waals surface area contributed by atoms with Crippen molar-refractivity contribution in [3.05, 3.63) is 77.9 Å². The lowest BCUT2D eigenvalue weighted by atomic mass is 9.88. The molecule has 3 rings (SSSR count). The van der Waals surface area contributed by atoms with E-state index in [1.54, 1.807) is 0 Å². The van der Waals surface area contributed by atoms with Gasteiger partial charge in [0.25, 0.3) is 0 Å². The molecule has 0 aliphatic heterocycles. The average molecular weight is 320 g/mol. The van der Waals surface area contributed by atoms with Crippen molar-refractivity contribution in [2.24, 2.45) is 0 Å². The Bertz CT molecular complexity index is 832. The Kier molecular flexibility index (Phi) is 4.80. The Morgan fingerprint density at radius 1 is 1.00 bits per heavy atom. The van der Waals surface area contributed by atoms with E-state index < -0.39 is 11.9 Å². The summed E-state index contributed by atoms with van der Waals surface area (Å²) in [5, 5.41) is 11.8. The first-order chi connectivity index (χ1) is 11.7. The Morgan fingerprint density at radius 2 is 1.71 bits per heavy atom. The second kappa shape index (κ2) is 7.18. The number of hydrogen-bond acceptors (Lipinski definition) is 2. The Morgan fingerprint density at radius 3 is 2.42 bits per heavy atom. The molecule has 1 atom stereocenters. The van der Waals surface area contributed by atoms with Crippen LogP contribution in [0.25, 0.3) is 10.8 Å². The van der Waals surface area contributed by atoms with Gasteiger partial charge in [0.2, 0.25) is 0 Å². The van der Waals surface area contributed by atoms with Crippen LogP contribution in [0, 0.1) is 0 Å². The van der Waals surface area contributed by atoms with Gasteiger partial charge in [0.15, 0.2) is 0 Å². The summed E-state index contributed by atoms with van der Waals surface area (Å²) in [4.78, 5) is 11.9. The Labute approximate surface area is 141 Å². The highest BCUT2D eigenvalue weighted by Crippen LogP contribution is 2.29. The highest BCUT2D eigenvalue weighted by Gasteiger charge is 2.22. The lowest BCUT2D eigenvalue weighted by molar-refractivity contribution is -0.138. The third kappa shape index (κ3) is 3.40. The number of carboxylic acids is 1. The summed E-state index contributed by atoms with van der Waals surface area (Å²) in [7, 11) is 0. The van der Waals surface area contributed by atoms with Gasteiger partial charge in [-0.3, -0.25) is 4.79 Å². The van der Waals surface area contributed by atoms with Crippen LogP contribution in [0.4, 0.5) is 0 Å². The molecular formula is C21H20O3. The van der Waals surface area contributed by atoms with Crippen molar-refractivity contribution in [3.63, 3.8) is 0 Å². The fraction of sp³-hybridized carbons (Fsp3) is 0.190. The lowest BCUT2D eigenvalue weighted by Crippen LogP contribution is -2.15. The van der Waals surface area contributed by atoms with Gasteiger partial charge in [0.1, 0.15) is 5.75 Å². The molecule has 0 amide bonds. The van der Waals surface area contributed by atoms with E-state index in [1.165, 1.54) is 0 Å². The predicted molar refractivity (Wildman–Crippen MR) is 95.6 cm³/mol. The van der Waals surface area contributed by atoms with E-state index in [-0.39, 0.29) is 0 Å². The number of rotatable bonds is 6. The van der Waals surface area contributed by atoms with Gasteiger partial charge < -0.3 is 9.84 Å². The van der Waals surface area contributed by atoms with E-state index in [0.717, 1.165) is 27.6 Å². The maximum Gasteiger partial charge on any atom is 0.311 e. The molecule has 3 heteroatoms. The van der Waals surface area contributed by atoms with Crippen molar-refractivity contribution in [2.45, 2.75) is 19.3 Å². The maximum atomic E-state index is 11.9. The zero-order chi connectivity index (χ0) is 16.9. The quantitative estimate of drug-likeness (QED) is 0.719. The minimum absolute atomic E-state index is 0.454. The van der Waals surface area contributed by atoms with E-state index in [4.69, 9.17) is 4.74 Å². The summed E-state index contributed by atoms with van der Waals surface area (Å²) in [6.07, 6.45) is 0.454. The molecule has 0 fully saturated rings. The van der Waals surface area contributed by atoms with Crippen molar-refractivity contribution in [2.75, 3.05) is 6.61 Å². The molecule has 0 saturated carbocycles. The molecule has 3 nitrogen and oxygen atoms in total. The third-order valence-electron chi connectivity index (χ3n) is 4.17. The van der Waals surface area contributed by atoms with Gasteiger partial charge in [-0.25, -0.2) is 0 Å². The topological polar surface area (TPSA) is 46.5 Å². The molecule has 0 heterocycles. The summed E-state index contributed by atoms with van der Waals surface area (Å²) in [6.45, 7) is 2.56. The van der Waals surface area contributed by atoms with Crippen molar-refractivity contribution in [3.8, 4) is 5.75 Å². The molecule has 0 saturated heterocycles. The number of carboxylic acid groups (broad SMARTS) is 1. The van der Waals surface area contributed by atoms with Crippen LogP contribution < -0.4 is 4.74 Å². The fourth-order valence-corrected chi connectivity index (χ4v) is 3.01. The first kappa shape index (κ1) is 16.1. The second-order valence-corrected chi connectivity index (χ2v) is 5.74. The van der Waals surface area contributed by atoms with Crippen LogP contribution >= 0.6 is 0 Å². The van der Waals surface area contributed by atoms with E-state index in [0.29, 0.717) is 13.0 Å². The molecule has 1 unspecified atom stereocenters. The molecule has 0 radical (unpaired) electrons. The number of aliphatic carboxylic acids is 1. The van der Waals surface area contributed by atoms with Crippen LogP contribution in [0.3, 0.4) is 0 Å². The van der Waals surface area contributed by atoms with E-state index >= 15 is 0 Å². The molecule has 24 heavy (non-hydrogen) atoms. The summed E-state index contributed by atoms with van der Waals surface area (Å²) in [6, 6.07) is 21.4. The van der Waals surface area contributed by atoms with Crippen molar-refractivity contribution in [1.82, 2.24) is 0 Å².